The van der Waals surface area contributed by atoms with Gasteiger partial charge in [-0.15, -0.1) is 5.10 Å². The largest absolute Gasteiger partial charge is 0.472 e. The van der Waals surface area contributed by atoms with Gasteiger partial charge in [-0.05, 0) is 6.07 Å². The average molecular weight is 179 g/mol. The molecule has 5 nitrogen and oxygen atoms in total. The minimum Gasteiger partial charge on any atom is -0.472 e. The highest BCUT2D eigenvalue weighted by atomic mass is 16.4. The number of nitrogens with zero attached hydrogens (tertiary/aromatic N) is 2. The van der Waals surface area contributed by atoms with Crippen molar-refractivity contribution in [1.82, 2.24) is 10.2 Å². The molecule has 0 aromatic carbocycles. The number of hydrogen-bond donors (Lipinski definition) is 1. The third kappa shape index (κ3) is 1.87. The predicted octanol–water partition coefficient (Wildman–Crippen LogP) is 1.58. The Hall–Kier alpha value is -1.78. The van der Waals surface area contributed by atoms with E-state index in [-0.39, 0.29) is 0 Å². The summed E-state index contributed by atoms with van der Waals surface area (Å²) in [6.07, 6.45) is 3.28. The topological polar surface area (TPSA) is 64.1 Å². The zero-order valence-corrected chi connectivity index (χ0v) is 7.15. The van der Waals surface area contributed by atoms with Gasteiger partial charge < -0.3 is 14.2 Å². The molecular weight excluding hydrogens is 170 g/mol. The standard InChI is InChI=1S/C8H9N3O2/c1-6-10-11-8(13-6)9-4-7-2-3-12-5-7/h2-3,5H,4H2,1H3,(H,9,11). The summed E-state index contributed by atoms with van der Waals surface area (Å²) in [7, 11) is 0. The van der Waals surface area contributed by atoms with E-state index >= 15 is 0 Å². The highest BCUT2D eigenvalue weighted by Gasteiger charge is 2.00. The van der Waals surface area contributed by atoms with Gasteiger partial charge in [-0.1, -0.05) is 5.10 Å². The van der Waals surface area contributed by atoms with Gasteiger partial charge in [0.25, 0.3) is 0 Å². The van der Waals surface area contributed by atoms with Crippen molar-refractivity contribution >= 4 is 6.01 Å². The van der Waals surface area contributed by atoms with Crippen LogP contribution < -0.4 is 5.32 Å². The SMILES string of the molecule is Cc1nnc(NCc2ccoc2)o1. The summed E-state index contributed by atoms with van der Waals surface area (Å²) in [5.41, 5.74) is 1.04. The molecule has 0 spiro atoms. The van der Waals surface area contributed by atoms with Crippen LogP contribution in [0.4, 0.5) is 6.01 Å². The number of aromatic nitrogens is 2. The van der Waals surface area contributed by atoms with E-state index in [9.17, 15) is 0 Å². The lowest BCUT2D eigenvalue weighted by Crippen LogP contribution is -1.97. The maximum Gasteiger partial charge on any atom is 0.315 e. The zero-order chi connectivity index (χ0) is 9.10. The Labute approximate surface area is 74.8 Å². The van der Waals surface area contributed by atoms with E-state index in [1.807, 2.05) is 6.07 Å². The summed E-state index contributed by atoms with van der Waals surface area (Å²) in [5, 5.41) is 10.4. The van der Waals surface area contributed by atoms with Crippen molar-refractivity contribution in [2.75, 3.05) is 5.32 Å². The van der Waals surface area contributed by atoms with Crippen molar-refractivity contribution in [1.29, 1.82) is 0 Å². The lowest BCUT2D eigenvalue weighted by Gasteiger charge is -1.95. The van der Waals surface area contributed by atoms with Crippen molar-refractivity contribution < 1.29 is 8.83 Å². The van der Waals surface area contributed by atoms with E-state index in [0.29, 0.717) is 18.5 Å². The normalized spacial score (nSPS) is 10.2. The molecule has 0 radical (unpaired) electrons. The summed E-state index contributed by atoms with van der Waals surface area (Å²) in [6.45, 7) is 2.37. The van der Waals surface area contributed by atoms with Gasteiger partial charge in [0, 0.05) is 19.0 Å². The minimum absolute atomic E-state index is 0.429. The van der Waals surface area contributed by atoms with Gasteiger partial charge in [-0.2, -0.15) is 0 Å². The van der Waals surface area contributed by atoms with Crippen molar-refractivity contribution in [3.63, 3.8) is 0 Å². The fraction of sp³-hybridized carbons (Fsp3) is 0.250. The van der Waals surface area contributed by atoms with Gasteiger partial charge in [0.15, 0.2) is 0 Å². The summed E-state index contributed by atoms with van der Waals surface area (Å²) in [5.74, 6) is 0.551. The molecular formula is C8H9N3O2. The molecule has 2 heterocycles. The smallest absolute Gasteiger partial charge is 0.315 e. The van der Waals surface area contributed by atoms with Crippen LogP contribution in [0.3, 0.4) is 0 Å². The molecule has 0 saturated carbocycles. The second kappa shape index (κ2) is 3.30. The fourth-order valence-electron chi connectivity index (χ4n) is 0.939. The molecule has 0 atom stereocenters. The average Bonchev–Trinajstić information content (AvgIpc) is 2.71. The molecule has 2 rings (SSSR count). The van der Waals surface area contributed by atoms with Crippen molar-refractivity contribution in [3.8, 4) is 0 Å². The molecule has 2 aromatic heterocycles. The molecule has 0 aliphatic heterocycles. The van der Waals surface area contributed by atoms with E-state index < -0.39 is 0 Å². The highest BCUT2D eigenvalue weighted by molar-refractivity contribution is 5.20. The molecule has 0 aliphatic rings. The quantitative estimate of drug-likeness (QED) is 0.774. The number of rotatable bonds is 3. The number of anilines is 1. The molecule has 0 aliphatic carbocycles. The Kier molecular flexibility index (Phi) is 1.99. The van der Waals surface area contributed by atoms with Crippen molar-refractivity contribution in [2.24, 2.45) is 0 Å². The van der Waals surface area contributed by atoms with E-state index in [4.69, 9.17) is 8.83 Å². The van der Waals surface area contributed by atoms with Crippen LogP contribution in [0.15, 0.2) is 27.4 Å². The predicted molar refractivity (Wildman–Crippen MR) is 45.1 cm³/mol. The van der Waals surface area contributed by atoms with Crippen LogP contribution in [0.2, 0.25) is 0 Å². The first-order valence-corrected chi connectivity index (χ1v) is 3.89. The molecule has 0 fully saturated rings. The molecule has 68 valence electrons. The third-order valence-electron chi connectivity index (χ3n) is 1.55. The lowest BCUT2D eigenvalue weighted by molar-refractivity contribution is 0.530. The van der Waals surface area contributed by atoms with Crippen molar-refractivity contribution in [3.05, 3.63) is 30.0 Å². The van der Waals surface area contributed by atoms with Gasteiger partial charge in [0.2, 0.25) is 5.89 Å². The number of furan rings is 1. The Morgan fingerprint density at radius 2 is 2.38 bits per heavy atom. The molecule has 13 heavy (non-hydrogen) atoms. The van der Waals surface area contributed by atoms with Gasteiger partial charge in [-0.3, -0.25) is 0 Å². The third-order valence-corrected chi connectivity index (χ3v) is 1.55. The van der Waals surface area contributed by atoms with Crippen LogP contribution in [0.25, 0.3) is 0 Å². The first-order valence-electron chi connectivity index (χ1n) is 3.89. The Morgan fingerprint density at radius 3 is 3.00 bits per heavy atom. The van der Waals surface area contributed by atoms with Crippen LogP contribution in [0.1, 0.15) is 11.5 Å². The molecule has 2 aromatic rings. The number of aryl methyl sites for hydroxylation is 1. The lowest BCUT2D eigenvalue weighted by atomic mass is 10.3. The van der Waals surface area contributed by atoms with Gasteiger partial charge >= 0.3 is 6.01 Å². The fourth-order valence-corrected chi connectivity index (χ4v) is 0.939. The molecule has 0 bridgehead atoms. The molecule has 0 saturated heterocycles. The maximum absolute atomic E-state index is 5.12. The van der Waals surface area contributed by atoms with E-state index in [0.717, 1.165) is 5.56 Å². The molecule has 0 unspecified atom stereocenters. The molecule has 1 N–H and O–H groups in total. The Bertz CT molecular complexity index is 366. The molecule has 0 amide bonds. The van der Waals surface area contributed by atoms with Crippen LogP contribution in [-0.2, 0) is 6.54 Å². The highest BCUT2D eigenvalue weighted by Crippen LogP contribution is 2.07. The second-order valence-corrected chi connectivity index (χ2v) is 2.61. The van der Waals surface area contributed by atoms with E-state index in [1.54, 1.807) is 19.5 Å². The van der Waals surface area contributed by atoms with E-state index in [2.05, 4.69) is 15.5 Å². The summed E-state index contributed by atoms with van der Waals surface area (Å²) in [6, 6.07) is 2.30. The maximum atomic E-state index is 5.12. The van der Waals surface area contributed by atoms with E-state index in [1.165, 1.54) is 0 Å². The number of nitrogens with one attached hydrogen (secondary N) is 1. The Balaban J connectivity index is 1.93. The summed E-state index contributed by atoms with van der Waals surface area (Å²) < 4.78 is 10.0. The van der Waals surface area contributed by atoms with Crippen LogP contribution >= 0.6 is 0 Å². The van der Waals surface area contributed by atoms with Crippen molar-refractivity contribution in [2.45, 2.75) is 13.5 Å². The second-order valence-electron chi connectivity index (χ2n) is 2.61. The minimum atomic E-state index is 0.429. The monoisotopic (exact) mass is 179 g/mol. The zero-order valence-electron chi connectivity index (χ0n) is 7.15. The summed E-state index contributed by atoms with van der Waals surface area (Å²) >= 11 is 0. The van der Waals surface area contributed by atoms with Crippen LogP contribution in [-0.4, -0.2) is 10.2 Å². The number of hydrogen-bond acceptors (Lipinski definition) is 5. The summed E-state index contributed by atoms with van der Waals surface area (Å²) in [4.78, 5) is 0. The van der Waals surface area contributed by atoms with Crippen LogP contribution in [0.5, 0.6) is 0 Å². The van der Waals surface area contributed by atoms with Gasteiger partial charge in [0.05, 0.1) is 12.5 Å². The van der Waals surface area contributed by atoms with Crippen LogP contribution in [0, 0.1) is 6.92 Å². The molecule has 5 heteroatoms. The van der Waals surface area contributed by atoms with Gasteiger partial charge in [-0.25, -0.2) is 0 Å². The first kappa shape index (κ1) is 7.85. The Morgan fingerprint density at radius 1 is 1.46 bits per heavy atom. The van der Waals surface area contributed by atoms with Gasteiger partial charge in [0.1, 0.15) is 0 Å². The first-order chi connectivity index (χ1) is 6.34.